The lowest BCUT2D eigenvalue weighted by Crippen LogP contribution is -2.07. The second-order valence-electron chi connectivity index (χ2n) is 5.41. The average molecular weight is 263 g/mol. The van der Waals surface area contributed by atoms with Crippen LogP contribution in [-0.4, -0.2) is 12.4 Å². The number of aliphatic imine (C=N–C) groups is 1. The van der Waals surface area contributed by atoms with Gasteiger partial charge in [0.05, 0.1) is 0 Å². The van der Waals surface area contributed by atoms with Crippen molar-refractivity contribution in [2.24, 2.45) is 21.1 Å². The zero-order valence-electron chi connectivity index (χ0n) is 12.4. The first-order valence-corrected chi connectivity index (χ1v) is 7.91. The first-order valence-electron chi connectivity index (χ1n) is 7.91. The molecule has 0 aromatic heterocycles. The van der Waals surface area contributed by atoms with Gasteiger partial charge in [0, 0.05) is 12.4 Å². The van der Waals surface area contributed by atoms with E-state index in [0.717, 1.165) is 6.42 Å². The Bertz CT molecular complexity index is 274. The van der Waals surface area contributed by atoms with Crippen LogP contribution in [0.25, 0.3) is 0 Å². The third kappa shape index (κ3) is 7.91. The van der Waals surface area contributed by atoms with Gasteiger partial charge in [-0.15, -0.1) is 0 Å². The molecule has 1 fully saturated rings. The summed E-state index contributed by atoms with van der Waals surface area (Å²) in [6.45, 7) is 5.64. The minimum atomic E-state index is -0.0200. The highest BCUT2D eigenvalue weighted by atomic mass is 15.2. The van der Waals surface area contributed by atoms with E-state index in [1.165, 1.54) is 64.0 Å². The molecule has 0 radical (unpaired) electrons. The summed E-state index contributed by atoms with van der Waals surface area (Å²) in [5, 5.41) is 7.97. The number of rotatable bonds is 5. The summed E-state index contributed by atoms with van der Waals surface area (Å²) in [5.41, 5.74) is 0. The molecule has 0 aliphatic heterocycles. The summed E-state index contributed by atoms with van der Waals surface area (Å²) in [7, 11) is 0. The molecular formula is C16H29N3. The van der Waals surface area contributed by atoms with Gasteiger partial charge < -0.3 is 0 Å². The van der Waals surface area contributed by atoms with E-state index in [1.54, 1.807) is 0 Å². The van der Waals surface area contributed by atoms with E-state index >= 15 is 0 Å². The molecule has 1 rings (SSSR count). The highest BCUT2D eigenvalue weighted by Gasteiger charge is 2.08. The fourth-order valence-corrected chi connectivity index (χ4v) is 2.55. The Hall–Kier alpha value is -0.990. The Labute approximate surface area is 118 Å². The molecule has 1 saturated carbocycles. The van der Waals surface area contributed by atoms with Gasteiger partial charge in [0.15, 0.2) is 6.17 Å². The number of hydrogen-bond acceptors (Lipinski definition) is 3. The normalized spacial score (nSPS) is 21.7. The van der Waals surface area contributed by atoms with Crippen LogP contribution >= 0.6 is 0 Å². The maximum Gasteiger partial charge on any atom is 0.160 e. The third-order valence-corrected chi connectivity index (χ3v) is 3.77. The van der Waals surface area contributed by atoms with Crippen molar-refractivity contribution >= 4 is 6.21 Å². The molecule has 0 aromatic rings. The summed E-state index contributed by atoms with van der Waals surface area (Å²) in [6.07, 6.45) is 16.8. The Balaban J connectivity index is 2.44. The quantitative estimate of drug-likeness (QED) is 0.462. The summed E-state index contributed by atoms with van der Waals surface area (Å²) in [5.74, 6) is 0.645. The van der Waals surface area contributed by atoms with Crippen LogP contribution in [0.3, 0.4) is 0 Å². The Morgan fingerprint density at radius 3 is 2.16 bits per heavy atom. The maximum absolute atomic E-state index is 4.60. The molecule has 0 bridgehead atoms. The minimum Gasteiger partial charge on any atom is -0.269 e. The standard InChI is InChI=1S/C16H29N3/c1-3-16(19-18-4-2)17-14-15-12-10-8-6-5-7-9-11-13-15/h4,14-16H,2-3,5-13H2,1H3. The van der Waals surface area contributed by atoms with Crippen LogP contribution in [0, 0.1) is 5.92 Å². The van der Waals surface area contributed by atoms with Gasteiger partial charge in [0.1, 0.15) is 0 Å². The molecule has 0 aromatic carbocycles. The van der Waals surface area contributed by atoms with Gasteiger partial charge in [-0.2, -0.15) is 10.2 Å². The van der Waals surface area contributed by atoms with Crippen molar-refractivity contribution in [3.05, 3.63) is 12.8 Å². The van der Waals surface area contributed by atoms with Gasteiger partial charge in [-0.25, -0.2) is 0 Å². The average Bonchev–Trinajstić information content (AvgIpc) is 2.45. The largest absolute Gasteiger partial charge is 0.269 e. The zero-order chi connectivity index (χ0) is 13.8. The van der Waals surface area contributed by atoms with Crippen LogP contribution in [-0.2, 0) is 0 Å². The Morgan fingerprint density at radius 2 is 1.63 bits per heavy atom. The lowest BCUT2D eigenvalue weighted by Gasteiger charge is -2.14. The highest BCUT2D eigenvalue weighted by molar-refractivity contribution is 5.60. The van der Waals surface area contributed by atoms with Gasteiger partial charge in [-0.3, -0.25) is 4.99 Å². The molecule has 3 nitrogen and oxygen atoms in total. The molecule has 19 heavy (non-hydrogen) atoms. The van der Waals surface area contributed by atoms with Crippen LogP contribution in [0.4, 0.5) is 0 Å². The molecule has 1 unspecified atom stereocenters. The monoisotopic (exact) mass is 263 g/mol. The van der Waals surface area contributed by atoms with Crippen molar-refractivity contribution in [2.45, 2.75) is 77.3 Å². The lowest BCUT2D eigenvalue weighted by atomic mass is 9.93. The molecule has 3 heteroatoms. The van der Waals surface area contributed by atoms with Crippen LogP contribution < -0.4 is 0 Å². The molecule has 0 spiro atoms. The molecular weight excluding hydrogens is 234 g/mol. The minimum absolute atomic E-state index is 0.0200. The number of nitrogens with zero attached hydrogens (tertiary/aromatic N) is 3. The molecule has 1 aliphatic carbocycles. The van der Waals surface area contributed by atoms with Gasteiger partial charge >= 0.3 is 0 Å². The van der Waals surface area contributed by atoms with Crippen molar-refractivity contribution in [1.82, 2.24) is 0 Å². The third-order valence-electron chi connectivity index (χ3n) is 3.77. The molecule has 0 N–H and O–H groups in total. The van der Waals surface area contributed by atoms with Gasteiger partial charge in [-0.05, 0) is 25.2 Å². The molecule has 1 atom stereocenters. The van der Waals surface area contributed by atoms with Crippen molar-refractivity contribution in [2.75, 3.05) is 0 Å². The van der Waals surface area contributed by atoms with Crippen LogP contribution in [0.5, 0.6) is 0 Å². The van der Waals surface area contributed by atoms with E-state index in [-0.39, 0.29) is 6.17 Å². The molecule has 0 saturated heterocycles. The van der Waals surface area contributed by atoms with Crippen molar-refractivity contribution in [3.8, 4) is 0 Å². The molecule has 0 heterocycles. The van der Waals surface area contributed by atoms with E-state index in [2.05, 4.69) is 34.9 Å². The highest BCUT2D eigenvalue weighted by Crippen LogP contribution is 2.20. The summed E-state index contributed by atoms with van der Waals surface area (Å²) in [6, 6.07) is 0. The second-order valence-corrected chi connectivity index (χ2v) is 5.41. The van der Waals surface area contributed by atoms with Gasteiger partial charge in [-0.1, -0.05) is 58.4 Å². The fourth-order valence-electron chi connectivity index (χ4n) is 2.55. The first kappa shape index (κ1) is 16.1. The van der Waals surface area contributed by atoms with Gasteiger partial charge in [0.25, 0.3) is 0 Å². The molecule has 1 aliphatic rings. The SMILES string of the molecule is C=CN=NC(CC)N=CC1CCCCCCCCC1. The summed E-state index contributed by atoms with van der Waals surface area (Å²) in [4.78, 5) is 4.60. The number of azo groups is 1. The van der Waals surface area contributed by atoms with E-state index in [9.17, 15) is 0 Å². The van der Waals surface area contributed by atoms with Crippen LogP contribution in [0.1, 0.15) is 71.1 Å². The smallest absolute Gasteiger partial charge is 0.160 e. The fraction of sp³-hybridized carbons (Fsp3) is 0.812. The maximum atomic E-state index is 4.60. The van der Waals surface area contributed by atoms with Crippen LogP contribution in [0.15, 0.2) is 28.0 Å². The Morgan fingerprint density at radius 1 is 1.05 bits per heavy atom. The predicted molar refractivity (Wildman–Crippen MR) is 82.7 cm³/mol. The van der Waals surface area contributed by atoms with Crippen molar-refractivity contribution < 1.29 is 0 Å². The Kier molecular flexibility index (Phi) is 9.21. The van der Waals surface area contributed by atoms with Crippen molar-refractivity contribution in [3.63, 3.8) is 0 Å². The molecule has 0 amide bonds. The second kappa shape index (κ2) is 10.9. The zero-order valence-corrected chi connectivity index (χ0v) is 12.4. The van der Waals surface area contributed by atoms with E-state index in [4.69, 9.17) is 0 Å². The predicted octanol–water partition coefficient (Wildman–Crippen LogP) is 5.53. The topological polar surface area (TPSA) is 37.1 Å². The summed E-state index contributed by atoms with van der Waals surface area (Å²) >= 11 is 0. The van der Waals surface area contributed by atoms with E-state index in [1.807, 2.05) is 0 Å². The van der Waals surface area contributed by atoms with Crippen LogP contribution in [0.2, 0.25) is 0 Å². The van der Waals surface area contributed by atoms with E-state index in [0.29, 0.717) is 5.92 Å². The van der Waals surface area contributed by atoms with Gasteiger partial charge in [0.2, 0.25) is 0 Å². The number of hydrogen-bond donors (Lipinski definition) is 0. The lowest BCUT2D eigenvalue weighted by molar-refractivity contribution is 0.462. The first-order chi connectivity index (χ1) is 9.36. The van der Waals surface area contributed by atoms with Crippen molar-refractivity contribution in [1.29, 1.82) is 0 Å². The van der Waals surface area contributed by atoms with E-state index < -0.39 is 0 Å². The molecule has 108 valence electrons. The summed E-state index contributed by atoms with van der Waals surface area (Å²) < 4.78 is 0.